The molecular weight excluding hydrogens is 381 g/mol. The number of hydrogen-bond acceptors (Lipinski definition) is 4. The van der Waals surface area contributed by atoms with Crippen molar-refractivity contribution in [2.45, 2.75) is 23.8 Å². The third-order valence-corrected chi connectivity index (χ3v) is 6.72. The van der Waals surface area contributed by atoms with E-state index in [4.69, 9.17) is 0 Å². The molecule has 8 heteroatoms. The Morgan fingerprint density at radius 3 is 2.71 bits per heavy atom. The Balaban J connectivity index is 1.53. The lowest BCUT2D eigenvalue weighted by atomic mass is 10.1. The highest BCUT2D eigenvalue weighted by atomic mass is 32.2. The summed E-state index contributed by atoms with van der Waals surface area (Å²) in [6.45, 7) is 3.27. The minimum Gasteiger partial charge on any atom is -0.336 e. The van der Waals surface area contributed by atoms with Crippen LogP contribution in [0.2, 0.25) is 0 Å². The number of carbonyl (C=O) groups excluding carboxylic acids is 1. The summed E-state index contributed by atoms with van der Waals surface area (Å²) in [5.41, 5.74) is 0.475. The van der Waals surface area contributed by atoms with Gasteiger partial charge in [-0.15, -0.1) is 0 Å². The number of anilines is 1. The van der Waals surface area contributed by atoms with Gasteiger partial charge in [0.2, 0.25) is 0 Å². The first kappa shape index (κ1) is 18.9. The fraction of sp³-hybridized carbons (Fsp3) is 0.350. The number of carbonyl (C=O) groups is 1. The van der Waals surface area contributed by atoms with Crippen LogP contribution in [0.4, 0.5) is 10.1 Å². The Labute approximate surface area is 164 Å². The zero-order valence-electron chi connectivity index (χ0n) is 15.3. The van der Waals surface area contributed by atoms with E-state index < -0.39 is 15.8 Å². The number of benzene rings is 2. The zero-order chi connectivity index (χ0) is 19.7. The quantitative estimate of drug-likeness (QED) is 0.852. The third kappa shape index (κ3) is 3.88. The smallest absolute Gasteiger partial charge is 0.261 e. The minimum atomic E-state index is -3.93. The minimum absolute atomic E-state index is 0.0258. The van der Waals surface area contributed by atoms with Crippen molar-refractivity contribution in [3.63, 3.8) is 0 Å². The maximum Gasteiger partial charge on any atom is 0.261 e. The molecule has 2 aromatic rings. The zero-order valence-corrected chi connectivity index (χ0v) is 16.2. The molecule has 2 aliphatic heterocycles. The number of sulfonamides is 1. The van der Waals surface area contributed by atoms with Crippen molar-refractivity contribution in [1.82, 2.24) is 9.80 Å². The van der Waals surface area contributed by atoms with Crippen LogP contribution in [0, 0.1) is 5.82 Å². The van der Waals surface area contributed by atoms with Crippen molar-refractivity contribution >= 4 is 21.6 Å². The molecule has 0 aromatic heterocycles. The Morgan fingerprint density at radius 2 is 1.89 bits per heavy atom. The average molecular weight is 403 g/mol. The van der Waals surface area contributed by atoms with Gasteiger partial charge in [0.1, 0.15) is 5.82 Å². The summed E-state index contributed by atoms with van der Waals surface area (Å²) in [5.74, 6) is -0.690. The number of nitrogens with zero attached hydrogens (tertiary/aromatic N) is 2. The third-order valence-electron chi connectivity index (χ3n) is 5.34. The molecule has 148 valence electrons. The van der Waals surface area contributed by atoms with Gasteiger partial charge in [0.15, 0.2) is 0 Å². The number of piperazine rings is 1. The summed E-state index contributed by atoms with van der Waals surface area (Å²) >= 11 is 0. The van der Waals surface area contributed by atoms with Gasteiger partial charge in [-0.3, -0.25) is 14.4 Å². The molecule has 0 radical (unpaired) electrons. The van der Waals surface area contributed by atoms with E-state index in [2.05, 4.69) is 9.62 Å². The highest BCUT2D eigenvalue weighted by Crippen LogP contribution is 2.23. The van der Waals surface area contributed by atoms with Crippen LogP contribution in [0.1, 0.15) is 23.2 Å². The molecule has 0 unspecified atom stereocenters. The molecule has 2 heterocycles. The summed E-state index contributed by atoms with van der Waals surface area (Å²) in [5, 5.41) is 0. The van der Waals surface area contributed by atoms with E-state index in [1.807, 2.05) is 0 Å². The van der Waals surface area contributed by atoms with Crippen LogP contribution in [0.25, 0.3) is 0 Å². The van der Waals surface area contributed by atoms with Crippen LogP contribution in [-0.4, -0.2) is 56.3 Å². The van der Waals surface area contributed by atoms with Gasteiger partial charge in [-0.2, -0.15) is 0 Å². The van der Waals surface area contributed by atoms with Crippen LogP contribution in [-0.2, 0) is 10.0 Å². The first-order chi connectivity index (χ1) is 13.4. The lowest BCUT2D eigenvalue weighted by molar-refractivity contribution is 0.0571. The van der Waals surface area contributed by atoms with Gasteiger partial charge in [0.25, 0.3) is 15.9 Å². The molecule has 2 aromatic carbocycles. The maximum absolute atomic E-state index is 13.3. The Hall–Kier alpha value is -2.45. The second-order valence-electron chi connectivity index (χ2n) is 7.23. The second kappa shape index (κ2) is 7.52. The lowest BCUT2D eigenvalue weighted by Gasteiger charge is -2.37. The van der Waals surface area contributed by atoms with Gasteiger partial charge < -0.3 is 4.90 Å². The van der Waals surface area contributed by atoms with Crippen molar-refractivity contribution in [2.75, 3.05) is 30.9 Å². The molecule has 1 N–H and O–H groups in total. The van der Waals surface area contributed by atoms with E-state index in [0.717, 1.165) is 32.0 Å². The molecular formula is C20H22FN3O3S. The summed E-state index contributed by atoms with van der Waals surface area (Å²) in [6, 6.07) is 11.6. The number of halogens is 1. The number of hydrogen-bond donors (Lipinski definition) is 1. The predicted molar refractivity (Wildman–Crippen MR) is 104 cm³/mol. The Morgan fingerprint density at radius 1 is 1.07 bits per heavy atom. The van der Waals surface area contributed by atoms with Crippen LogP contribution < -0.4 is 4.72 Å². The maximum atomic E-state index is 13.3. The first-order valence-corrected chi connectivity index (χ1v) is 10.8. The number of fused-ring (bicyclic) bond motifs is 1. The predicted octanol–water partition coefficient (Wildman–Crippen LogP) is 2.55. The molecule has 1 amide bonds. The van der Waals surface area contributed by atoms with E-state index in [9.17, 15) is 17.6 Å². The molecule has 0 spiro atoms. The van der Waals surface area contributed by atoms with Crippen molar-refractivity contribution in [2.24, 2.45) is 0 Å². The summed E-state index contributed by atoms with van der Waals surface area (Å²) in [7, 11) is -3.93. The summed E-state index contributed by atoms with van der Waals surface area (Å²) in [6.07, 6.45) is 2.25. The van der Waals surface area contributed by atoms with Crippen LogP contribution in [0.5, 0.6) is 0 Å². The molecule has 0 saturated carbocycles. The van der Waals surface area contributed by atoms with E-state index in [-0.39, 0.29) is 16.5 Å². The largest absolute Gasteiger partial charge is 0.336 e. The van der Waals surface area contributed by atoms with Gasteiger partial charge in [-0.05, 0) is 55.8 Å². The SMILES string of the molecule is O=C(c1cccc(S(=O)(=O)Nc2cccc(F)c2)c1)N1CCN2CCC[C@H]2C1. The van der Waals surface area contributed by atoms with E-state index in [1.54, 1.807) is 17.0 Å². The van der Waals surface area contributed by atoms with Crippen molar-refractivity contribution in [3.8, 4) is 0 Å². The van der Waals surface area contributed by atoms with Gasteiger partial charge >= 0.3 is 0 Å². The standard InChI is InChI=1S/C20H22FN3O3S/c21-16-5-2-6-17(13-16)22-28(26,27)19-8-1-4-15(12-19)20(25)24-11-10-23-9-3-7-18(23)14-24/h1-2,4-6,8,12-13,18,22H,3,7,9-11,14H2/t18-/m0/s1. The van der Waals surface area contributed by atoms with Gasteiger partial charge in [0, 0.05) is 31.2 Å². The normalized spacial score (nSPS) is 20.0. The van der Waals surface area contributed by atoms with Gasteiger partial charge in [-0.1, -0.05) is 12.1 Å². The average Bonchev–Trinajstić information content (AvgIpc) is 3.15. The van der Waals surface area contributed by atoms with Crippen molar-refractivity contribution in [1.29, 1.82) is 0 Å². The first-order valence-electron chi connectivity index (χ1n) is 9.34. The molecule has 1 atom stereocenters. The van der Waals surface area contributed by atoms with Crippen LogP contribution in [0.3, 0.4) is 0 Å². The summed E-state index contributed by atoms with van der Waals surface area (Å²) in [4.78, 5) is 17.1. The molecule has 2 fully saturated rings. The monoisotopic (exact) mass is 403 g/mol. The molecule has 0 bridgehead atoms. The van der Waals surface area contributed by atoms with Crippen molar-refractivity contribution < 1.29 is 17.6 Å². The van der Waals surface area contributed by atoms with Crippen molar-refractivity contribution in [3.05, 3.63) is 59.9 Å². The lowest BCUT2D eigenvalue weighted by Crippen LogP contribution is -2.52. The number of rotatable bonds is 4. The highest BCUT2D eigenvalue weighted by molar-refractivity contribution is 7.92. The van der Waals surface area contributed by atoms with Gasteiger partial charge in [-0.25, -0.2) is 12.8 Å². The fourth-order valence-electron chi connectivity index (χ4n) is 3.92. The van der Waals surface area contributed by atoms with E-state index in [1.165, 1.54) is 30.3 Å². The van der Waals surface area contributed by atoms with Crippen LogP contribution in [0.15, 0.2) is 53.4 Å². The molecule has 0 aliphatic carbocycles. The van der Waals surface area contributed by atoms with E-state index >= 15 is 0 Å². The van der Waals surface area contributed by atoms with Gasteiger partial charge in [0.05, 0.1) is 10.6 Å². The van der Waals surface area contributed by atoms with E-state index in [0.29, 0.717) is 24.7 Å². The highest BCUT2D eigenvalue weighted by Gasteiger charge is 2.33. The molecule has 4 rings (SSSR count). The Kier molecular flexibility index (Phi) is 5.07. The number of amides is 1. The fourth-order valence-corrected chi connectivity index (χ4v) is 5.02. The molecule has 28 heavy (non-hydrogen) atoms. The molecule has 2 aliphatic rings. The number of nitrogens with one attached hydrogen (secondary N) is 1. The topological polar surface area (TPSA) is 69.7 Å². The molecule has 2 saturated heterocycles. The summed E-state index contributed by atoms with van der Waals surface area (Å²) < 4.78 is 41.0. The van der Waals surface area contributed by atoms with Crippen LogP contribution >= 0.6 is 0 Å². The molecule has 6 nitrogen and oxygen atoms in total. The second-order valence-corrected chi connectivity index (χ2v) is 8.91. The Bertz CT molecular complexity index is 996.